The van der Waals surface area contributed by atoms with Crippen molar-refractivity contribution in [2.75, 3.05) is 0 Å². The summed E-state index contributed by atoms with van der Waals surface area (Å²) in [6.45, 7) is 4.48. The number of halogens is 1. The van der Waals surface area contributed by atoms with Gasteiger partial charge in [-0.15, -0.1) is 0 Å². The largest absolute Gasteiger partial charge is 0.353 e. The summed E-state index contributed by atoms with van der Waals surface area (Å²) >= 11 is 3.30. The number of rotatable bonds is 3. The van der Waals surface area contributed by atoms with Crippen LogP contribution in [0.5, 0.6) is 0 Å². The van der Waals surface area contributed by atoms with Gasteiger partial charge in [-0.25, -0.2) is 0 Å². The Hall–Kier alpha value is -0.900. The molecule has 1 aromatic rings. The fraction of sp³-hybridized carbons (Fsp3) is 0.333. The number of carbonyl (C=O) groups is 1. The van der Waals surface area contributed by atoms with Gasteiger partial charge in [0, 0.05) is 10.7 Å². The van der Waals surface area contributed by atoms with Crippen LogP contribution in [0.2, 0.25) is 0 Å². The Kier molecular flexibility index (Phi) is 7.20. The van der Waals surface area contributed by atoms with E-state index in [2.05, 4.69) is 26.2 Å². The van der Waals surface area contributed by atoms with Crippen LogP contribution in [0.4, 0.5) is 0 Å². The Bertz CT molecular complexity index is 253. The van der Waals surface area contributed by atoms with E-state index in [1.807, 2.05) is 26.0 Å². The number of hydrogen-bond donors (Lipinski definition) is 1. The number of aromatic nitrogens is 1. The molecule has 72 valence electrons. The molecule has 1 aromatic heterocycles. The van der Waals surface area contributed by atoms with Crippen LogP contribution < -0.4 is 5.32 Å². The van der Waals surface area contributed by atoms with E-state index in [0.717, 1.165) is 10.2 Å². The lowest BCUT2D eigenvalue weighted by Gasteiger charge is -1.97. The second kappa shape index (κ2) is 7.73. The molecule has 0 saturated heterocycles. The number of amides is 1. The van der Waals surface area contributed by atoms with Crippen LogP contribution in [0.25, 0.3) is 0 Å². The van der Waals surface area contributed by atoms with Crippen molar-refractivity contribution in [1.82, 2.24) is 10.3 Å². The molecule has 13 heavy (non-hydrogen) atoms. The Morgan fingerprint density at radius 1 is 1.62 bits per heavy atom. The first-order valence-corrected chi connectivity index (χ1v) is 4.89. The minimum absolute atomic E-state index is 0.475. The average molecular weight is 245 g/mol. The average Bonchev–Trinajstić information content (AvgIpc) is 2.18. The van der Waals surface area contributed by atoms with Gasteiger partial charge in [-0.1, -0.05) is 29.8 Å². The van der Waals surface area contributed by atoms with E-state index in [9.17, 15) is 4.79 Å². The molecule has 1 heterocycles. The first kappa shape index (κ1) is 12.1. The third kappa shape index (κ3) is 5.36. The van der Waals surface area contributed by atoms with Crippen molar-refractivity contribution in [3.8, 4) is 0 Å². The van der Waals surface area contributed by atoms with Crippen molar-refractivity contribution in [1.29, 1.82) is 0 Å². The molecule has 0 radical (unpaired) electrons. The second-order valence-electron chi connectivity index (χ2n) is 1.96. The monoisotopic (exact) mass is 244 g/mol. The topological polar surface area (TPSA) is 42.0 Å². The van der Waals surface area contributed by atoms with Crippen LogP contribution in [-0.2, 0) is 11.3 Å². The van der Waals surface area contributed by atoms with E-state index in [1.54, 1.807) is 6.20 Å². The van der Waals surface area contributed by atoms with Crippen molar-refractivity contribution in [3.05, 3.63) is 28.5 Å². The third-order valence-corrected chi connectivity index (χ3v) is 1.64. The van der Waals surface area contributed by atoms with Crippen LogP contribution >= 0.6 is 15.9 Å². The molecule has 0 spiro atoms. The number of carbonyl (C=O) groups excluding carboxylic acids is 1. The van der Waals surface area contributed by atoms with E-state index in [1.165, 1.54) is 0 Å². The number of nitrogens with zero attached hydrogens (tertiary/aromatic N) is 1. The first-order valence-electron chi connectivity index (χ1n) is 4.10. The molecular weight excluding hydrogens is 232 g/mol. The lowest BCUT2D eigenvalue weighted by molar-refractivity contribution is -0.109. The minimum atomic E-state index is 0.475. The molecule has 0 aromatic carbocycles. The second-order valence-corrected chi connectivity index (χ2v) is 2.88. The molecule has 0 atom stereocenters. The van der Waals surface area contributed by atoms with Crippen molar-refractivity contribution in [3.63, 3.8) is 0 Å². The summed E-state index contributed by atoms with van der Waals surface area (Å²) in [6, 6.07) is 3.70. The van der Waals surface area contributed by atoms with Crippen LogP contribution in [0.3, 0.4) is 0 Å². The molecule has 0 saturated carbocycles. The SMILES string of the molecule is CC.O=CNCc1cc(Br)ccn1. The predicted molar refractivity (Wildman–Crippen MR) is 56.2 cm³/mol. The van der Waals surface area contributed by atoms with Gasteiger partial charge in [0.1, 0.15) is 0 Å². The summed E-state index contributed by atoms with van der Waals surface area (Å²) in [7, 11) is 0. The summed E-state index contributed by atoms with van der Waals surface area (Å²) in [4.78, 5) is 13.9. The number of hydrogen-bond acceptors (Lipinski definition) is 2. The zero-order valence-corrected chi connectivity index (χ0v) is 9.34. The molecule has 1 N–H and O–H groups in total. The Balaban J connectivity index is 0.000000671. The van der Waals surface area contributed by atoms with Gasteiger partial charge in [0.05, 0.1) is 12.2 Å². The van der Waals surface area contributed by atoms with Gasteiger partial charge in [0.15, 0.2) is 0 Å². The van der Waals surface area contributed by atoms with E-state index < -0.39 is 0 Å². The predicted octanol–water partition coefficient (Wildman–Crippen LogP) is 2.12. The lowest BCUT2D eigenvalue weighted by Crippen LogP contribution is -2.10. The Morgan fingerprint density at radius 3 is 2.85 bits per heavy atom. The van der Waals surface area contributed by atoms with Crippen LogP contribution in [0.15, 0.2) is 22.8 Å². The van der Waals surface area contributed by atoms with Gasteiger partial charge in [-0.2, -0.15) is 0 Å². The van der Waals surface area contributed by atoms with Gasteiger partial charge >= 0.3 is 0 Å². The lowest BCUT2D eigenvalue weighted by atomic mass is 10.3. The molecule has 0 aliphatic heterocycles. The molecule has 0 fully saturated rings. The standard InChI is InChI=1S/C7H7BrN2O.C2H6/c8-6-1-2-10-7(3-6)4-9-5-11;1-2/h1-3,5H,4H2,(H,9,11);1-2H3. The van der Waals surface area contributed by atoms with Crippen molar-refractivity contribution < 1.29 is 4.79 Å². The van der Waals surface area contributed by atoms with Gasteiger partial charge in [-0.3, -0.25) is 9.78 Å². The number of pyridine rings is 1. The molecule has 4 heteroatoms. The molecule has 0 aliphatic carbocycles. The van der Waals surface area contributed by atoms with Gasteiger partial charge in [-0.05, 0) is 12.1 Å². The van der Waals surface area contributed by atoms with E-state index >= 15 is 0 Å². The van der Waals surface area contributed by atoms with Crippen LogP contribution in [0, 0.1) is 0 Å². The third-order valence-electron chi connectivity index (χ3n) is 1.15. The highest BCUT2D eigenvalue weighted by Crippen LogP contribution is 2.08. The van der Waals surface area contributed by atoms with Gasteiger partial charge < -0.3 is 5.32 Å². The zero-order valence-electron chi connectivity index (χ0n) is 7.75. The highest BCUT2D eigenvalue weighted by molar-refractivity contribution is 9.10. The quantitative estimate of drug-likeness (QED) is 0.828. The molecule has 0 unspecified atom stereocenters. The van der Waals surface area contributed by atoms with Gasteiger partial charge in [0.2, 0.25) is 6.41 Å². The fourth-order valence-corrected chi connectivity index (χ4v) is 1.07. The number of nitrogens with one attached hydrogen (secondary N) is 1. The normalized spacial score (nSPS) is 8.23. The maximum absolute atomic E-state index is 9.91. The smallest absolute Gasteiger partial charge is 0.207 e. The molecule has 3 nitrogen and oxygen atoms in total. The maximum Gasteiger partial charge on any atom is 0.207 e. The highest BCUT2D eigenvalue weighted by atomic mass is 79.9. The van der Waals surface area contributed by atoms with Crippen molar-refractivity contribution in [2.45, 2.75) is 20.4 Å². The summed E-state index contributed by atoms with van der Waals surface area (Å²) < 4.78 is 0.968. The summed E-state index contributed by atoms with van der Waals surface area (Å²) in [5, 5.41) is 2.53. The van der Waals surface area contributed by atoms with Gasteiger partial charge in [0.25, 0.3) is 0 Å². The zero-order chi connectivity index (χ0) is 10.1. The minimum Gasteiger partial charge on any atom is -0.353 e. The molecule has 0 bridgehead atoms. The van der Waals surface area contributed by atoms with Crippen molar-refractivity contribution in [2.24, 2.45) is 0 Å². The van der Waals surface area contributed by atoms with E-state index in [-0.39, 0.29) is 0 Å². The molecule has 1 amide bonds. The Labute approximate surface area is 86.7 Å². The molecule has 1 rings (SSSR count). The van der Waals surface area contributed by atoms with Crippen LogP contribution in [0.1, 0.15) is 19.5 Å². The summed E-state index contributed by atoms with van der Waals surface area (Å²) in [6.07, 6.45) is 2.34. The Morgan fingerprint density at radius 2 is 2.31 bits per heavy atom. The highest BCUT2D eigenvalue weighted by Gasteiger charge is 1.92. The first-order chi connectivity index (χ1) is 6.33. The molecule has 0 aliphatic rings. The summed E-state index contributed by atoms with van der Waals surface area (Å²) in [5.74, 6) is 0. The van der Waals surface area contributed by atoms with E-state index in [4.69, 9.17) is 0 Å². The van der Waals surface area contributed by atoms with Crippen molar-refractivity contribution >= 4 is 22.3 Å². The van der Waals surface area contributed by atoms with E-state index in [0.29, 0.717) is 13.0 Å². The maximum atomic E-state index is 9.91. The fourth-order valence-electron chi connectivity index (χ4n) is 0.692. The van der Waals surface area contributed by atoms with Crippen LogP contribution in [-0.4, -0.2) is 11.4 Å². The molecular formula is C9H13BrN2O. The summed E-state index contributed by atoms with van der Waals surface area (Å²) in [5.41, 5.74) is 0.839.